The molecule has 0 aliphatic heterocycles. The summed E-state index contributed by atoms with van der Waals surface area (Å²) in [5.74, 6) is 0. The van der Waals surface area contributed by atoms with Crippen molar-refractivity contribution in [2.24, 2.45) is 0 Å². The maximum atomic E-state index is 7.14. The zero-order valence-electron chi connectivity index (χ0n) is 7.33. The number of aromatic amines is 1. The molecule has 0 saturated carbocycles. The lowest BCUT2D eigenvalue weighted by atomic mass is 10.4. The van der Waals surface area contributed by atoms with Crippen LogP contribution in [-0.2, 0) is 0 Å². The molecule has 0 aliphatic rings. The monoisotopic (exact) mass is 164 g/mol. The fraction of sp³-hybridized carbons (Fsp3) is 0.250. The molecule has 0 radical (unpaired) electrons. The molecule has 0 bridgehead atoms. The fourth-order valence-electron chi connectivity index (χ4n) is 0.240. The molecule has 38 valence electrons. The lowest BCUT2D eigenvalue weighted by Crippen LogP contribution is -1.62. The predicted octanol–water partition coefficient (Wildman–Crippen LogP) is 1.48. The highest BCUT2D eigenvalue weighted by Crippen LogP contribution is 2.08. The Balaban J connectivity index is 3.21. The molecule has 1 rings (SSSR count). The molecule has 1 heterocycles. The normalized spacial score (nSPS) is 19.6. The number of rotatable bonds is 0. The van der Waals surface area contributed by atoms with E-state index < -0.39 is 6.85 Å². The first-order valence-electron chi connectivity index (χ1n) is 3.64. The molecule has 0 amide bonds. The van der Waals surface area contributed by atoms with Gasteiger partial charge in [0.1, 0.15) is 4.60 Å². The zero-order valence-corrected chi connectivity index (χ0v) is 4.91. The van der Waals surface area contributed by atoms with Crippen molar-refractivity contribution >= 4 is 15.9 Å². The first-order valence-corrected chi connectivity index (χ1v) is 2.43. The van der Waals surface area contributed by atoms with Gasteiger partial charge in [-0.3, -0.25) is 5.10 Å². The second-order valence-corrected chi connectivity index (χ2v) is 1.77. The molecule has 1 aromatic rings. The van der Waals surface area contributed by atoms with Gasteiger partial charge in [0, 0.05) is 15.8 Å². The van der Waals surface area contributed by atoms with Gasteiger partial charge in [0.15, 0.2) is 0 Å². The highest BCUT2D eigenvalue weighted by molar-refractivity contribution is 9.10. The summed E-state index contributed by atoms with van der Waals surface area (Å²) in [6.45, 7) is -2.27. The maximum absolute atomic E-state index is 7.14. The molecule has 0 fully saturated rings. The van der Waals surface area contributed by atoms with Crippen LogP contribution in [0.1, 0.15) is 11.0 Å². The van der Waals surface area contributed by atoms with Gasteiger partial charge in [0.05, 0.1) is 1.37 Å². The molecule has 1 aromatic heterocycles. The predicted molar refractivity (Wildman–Crippen MR) is 31.0 cm³/mol. The largest absolute Gasteiger partial charge is 0.284 e. The van der Waals surface area contributed by atoms with E-state index in [4.69, 9.17) is 5.48 Å². The van der Waals surface area contributed by atoms with Crippen LogP contribution < -0.4 is 0 Å². The van der Waals surface area contributed by atoms with E-state index in [-0.39, 0.29) is 16.3 Å². The molecule has 0 unspecified atom stereocenters. The Morgan fingerprint density at radius 1 is 2.29 bits per heavy atom. The number of H-pyrrole nitrogens is 1. The summed E-state index contributed by atoms with van der Waals surface area (Å²) in [6.07, 6.45) is -0.170. The summed E-state index contributed by atoms with van der Waals surface area (Å²) < 4.78 is 28.3. The van der Waals surface area contributed by atoms with Gasteiger partial charge in [-0.1, -0.05) is 0 Å². The van der Waals surface area contributed by atoms with Gasteiger partial charge in [0.25, 0.3) is 0 Å². The SMILES string of the molecule is [2H]c1[nH]nc(Br)c1C([2H])([2H])[2H]. The van der Waals surface area contributed by atoms with Crippen molar-refractivity contribution in [2.75, 3.05) is 0 Å². The summed E-state index contributed by atoms with van der Waals surface area (Å²) in [7, 11) is 0. The summed E-state index contributed by atoms with van der Waals surface area (Å²) in [6, 6.07) is 0. The number of nitrogens with zero attached hydrogens (tertiary/aromatic N) is 1. The van der Waals surface area contributed by atoms with Crippen LogP contribution in [0.4, 0.5) is 0 Å². The van der Waals surface area contributed by atoms with Gasteiger partial charge >= 0.3 is 0 Å². The molecule has 0 saturated heterocycles. The first-order chi connectivity index (χ1) is 4.93. The quantitative estimate of drug-likeness (QED) is 0.619. The lowest BCUT2D eigenvalue weighted by Gasteiger charge is -1.74. The third-order valence-electron chi connectivity index (χ3n) is 0.541. The van der Waals surface area contributed by atoms with Crippen LogP contribution >= 0.6 is 15.9 Å². The molecule has 1 N–H and O–H groups in total. The Kier molecular flexibility index (Phi) is 0.449. The maximum Gasteiger partial charge on any atom is 0.130 e. The Labute approximate surface area is 55.7 Å². The molecule has 0 aliphatic carbocycles. The summed E-state index contributed by atoms with van der Waals surface area (Å²) in [5.41, 5.74) is -0.0718. The van der Waals surface area contributed by atoms with Crippen LogP contribution in [-0.4, -0.2) is 10.2 Å². The Bertz CT molecular complexity index is 246. The van der Waals surface area contributed by atoms with Crippen molar-refractivity contribution in [3.8, 4) is 0 Å². The molecule has 0 spiro atoms. The van der Waals surface area contributed by atoms with E-state index in [1.165, 1.54) is 0 Å². The number of aromatic nitrogens is 2. The van der Waals surface area contributed by atoms with Crippen LogP contribution in [0.2, 0.25) is 0 Å². The van der Waals surface area contributed by atoms with Crippen molar-refractivity contribution in [3.63, 3.8) is 0 Å². The second kappa shape index (κ2) is 1.66. The Morgan fingerprint density at radius 2 is 3.14 bits per heavy atom. The number of hydrogen-bond acceptors (Lipinski definition) is 1. The van der Waals surface area contributed by atoms with Crippen molar-refractivity contribution in [2.45, 2.75) is 6.85 Å². The van der Waals surface area contributed by atoms with Gasteiger partial charge in [-0.15, -0.1) is 0 Å². The summed E-state index contributed by atoms with van der Waals surface area (Å²) in [4.78, 5) is 0. The third-order valence-corrected chi connectivity index (χ3v) is 1.12. The van der Waals surface area contributed by atoms with E-state index in [0.717, 1.165) is 0 Å². The van der Waals surface area contributed by atoms with Crippen LogP contribution in [0.15, 0.2) is 10.8 Å². The Morgan fingerprint density at radius 3 is 3.43 bits per heavy atom. The third kappa shape index (κ3) is 0.825. The average Bonchev–Trinajstić information content (AvgIpc) is 2.08. The molecular weight excluding hydrogens is 156 g/mol. The summed E-state index contributed by atoms with van der Waals surface area (Å²) in [5, 5.41) is 5.78. The molecule has 0 aromatic carbocycles. The van der Waals surface area contributed by atoms with Crippen molar-refractivity contribution < 1.29 is 5.48 Å². The molecular formula is C4H5BrN2. The Hall–Kier alpha value is -0.310. The van der Waals surface area contributed by atoms with Crippen LogP contribution in [0.5, 0.6) is 0 Å². The van der Waals surface area contributed by atoms with E-state index in [2.05, 4.69) is 26.1 Å². The standard InChI is InChI=1S/C4H5BrN2/c1-3-2-6-7-4(3)5/h2H,1H3,(H,6,7)/i1D3,2D. The molecule has 7 heavy (non-hydrogen) atoms. The van der Waals surface area contributed by atoms with Crippen molar-refractivity contribution in [1.82, 2.24) is 10.2 Å². The second-order valence-electron chi connectivity index (χ2n) is 1.01. The van der Waals surface area contributed by atoms with E-state index in [1.54, 1.807) is 0 Å². The van der Waals surface area contributed by atoms with Gasteiger partial charge in [0.2, 0.25) is 0 Å². The minimum Gasteiger partial charge on any atom is -0.284 e. The number of nitrogens with one attached hydrogen (secondary N) is 1. The molecule has 0 atom stereocenters. The topological polar surface area (TPSA) is 28.7 Å². The highest BCUT2D eigenvalue weighted by Gasteiger charge is 1.90. The van der Waals surface area contributed by atoms with Crippen molar-refractivity contribution in [1.29, 1.82) is 0 Å². The molecule has 3 heteroatoms. The fourth-order valence-corrected chi connectivity index (χ4v) is 0.428. The number of halogens is 1. The van der Waals surface area contributed by atoms with Crippen molar-refractivity contribution in [3.05, 3.63) is 16.3 Å². The average molecular weight is 165 g/mol. The van der Waals surface area contributed by atoms with Gasteiger partial charge in [-0.2, -0.15) is 5.10 Å². The van der Waals surface area contributed by atoms with E-state index in [0.29, 0.717) is 0 Å². The van der Waals surface area contributed by atoms with E-state index in [9.17, 15) is 0 Å². The lowest BCUT2D eigenvalue weighted by molar-refractivity contribution is 1.07. The minimum absolute atomic E-state index is 0.0718. The molecule has 2 nitrogen and oxygen atoms in total. The summed E-state index contributed by atoms with van der Waals surface area (Å²) >= 11 is 2.93. The van der Waals surface area contributed by atoms with Crippen LogP contribution in [0.25, 0.3) is 0 Å². The number of hydrogen-bond donors (Lipinski definition) is 1. The van der Waals surface area contributed by atoms with E-state index >= 15 is 0 Å². The first kappa shape index (κ1) is 1.90. The van der Waals surface area contributed by atoms with Gasteiger partial charge in [-0.25, -0.2) is 0 Å². The van der Waals surface area contributed by atoms with Crippen LogP contribution in [0, 0.1) is 6.85 Å². The van der Waals surface area contributed by atoms with E-state index in [1.807, 2.05) is 0 Å². The van der Waals surface area contributed by atoms with Crippen LogP contribution in [0.3, 0.4) is 0 Å². The highest BCUT2D eigenvalue weighted by atomic mass is 79.9. The van der Waals surface area contributed by atoms with Gasteiger partial charge < -0.3 is 0 Å². The minimum atomic E-state index is -2.27. The smallest absolute Gasteiger partial charge is 0.130 e. The zero-order chi connectivity index (χ0) is 8.65. The van der Waals surface area contributed by atoms with Gasteiger partial charge in [-0.05, 0) is 22.8 Å².